The van der Waals surface area contributed by atoms with E-state index in [9.17, 15) is 9.90 Å². The summed E-state index contributed by atoms with van der Waals surface area (Å²) in [5.41, 5.74) is 0. The lowest BCUT2D eigenvalue weighted by atomic mass is 10.2. The molecule has 1 heterocycles. The number of nitrogens with zero attached hydrogens (tertiary/aromatic N) is 1. The highest BCUT2D eigenvalue weighted by Crippen LogP contribution is 1.94. The van der Waals surface area contributed by atoms with Gasteiger partial charge in [0.2, 0.25) is 0 Å². The van der Waals surface area contributed by atoms with Gasteiger partial charge in [0.15, 0.2) is 0 Å². The zero-order chi connectivity index (χ0) is 12.6. The standard InChI is InChI=1S/C8H14N2.C4H8O2/c1-3-4-5-8-9-6-7-10(8)2;1-3(2)4(5)6/h6-7H,3-5H2,1-2H3;3H,1-2H3,(H,5,6). The molecule has 0 aliphatic carbocycles. The van der Waals surface area contributed by atoms with E-state index in [-0.39, 0.29) is 5.92 Å². The summed E-state index contributed by atoms with van der Waals surface area (Å²) in [7, 11) is 2.07. The van der Waals surface area contributed by atoms with Gasteiger partial charge in [0, 0.05) is 12.4 Å². The van der Waals surface area contributed by atoms with Crippen LogP contribution in [0.5, 0.6) is 0 Å². The number of nitrogens with one attached hydrogen (secondary N) is 1. The molecular formula is C12H22N2O2. The monoisotopic (exact) mass is 226 g/mol. The van der Waals surface area contributed by atoms with Gasteiger partial charge in [-0.3, -0.25) is 0 Å². The van der Waals surface area contributed by atoms with E-state index >= 15 is 0 Å². The number of rotatable bonds is 4. The number of hydrogen-bond acceptors (Lipinski definition) is 2. The molecule has 1 aromatic heterocycles. The Morgan fingerprint density at radius 1 is 1.56 bits per heavy atom. The first kappa shape index (κ1) is 14.7. The average molecular weight is 226 g/mol. The van der Waals surface area contributed by atoms with E-state index < -0.39 is 5.97 Å². The number of aryl methyl sites for hydroxylation is 2. The molecule has 0 aliphatic heterocycles. The van der Waals surface area contributed by atoms with Crippen molar-refractivity contribution in [3.8, 4) is 0 Å². The van der Waals surface area contributed by atoms with E-state index in [0.717, 1.165) is 0 Å². The van der Waals surface area contributed by atoms with Crippen molar-refractivity contribution < 1.29 is 14.5 Å². The summed E-state index contributed by atoms with van der Waals surface area (Å²) in [6, 6.07) is 0. The zero-order valence-electron chi connectivity index (χ0n) is 10.6. The molecular weight excluding hydrogens is 204 g/mol. The van der Waals surface area contributed by atoms with Crippen LogP contribution in [0.1, 0.15) is 39.4 Å². The predicted octanol–water partition coefficient (Wildman–Crippen LogP) is 0.574. The molecule has 92 valence electrons. The van der Waals surface area contributed by atoms with Gasteiger partial charge in [0.1, 0.15) is 12.4 Å². The molecule has 0 radical (unpaired) electrons. The van der Waals surface area contributed by atoms with Crippen molar-refractivity contribution in [2.45, 2.75) is 40.0 Å². The zero-order valence-corrected chi connectivity index (χ0v) is 10.6. The van der Waals surface area contributed by atoms with Crippen molar-refractivity contribution in [2.75, 3.05) is 0 Å². The minimum atomic E-state index is -0.991. The Balaban J connectivity index is 0.000000325. The van der Waals surface area contributed by atoms with Crippen LogP contribution < -0.4 is 9.67 Å². The third-order valence-electron chi connectivity index (χ3n) is 2.21. The maximum absolute atomic E-state index is 9.59. The Hall–Kier alpha value is -1.32. The van der Waals surface area contributed by atoms with E-state index in [4.69, 9.17) is 0 Å². The molecule has 16 heavy (non-hydrogen) atoms. The minimum absolute atomic E-state index is 0.343. The van der Waals surface area contributed by atoms with Crippen LogP contribution in [0.2, 0.25) is 0 Å². The quantitative estimate of drug-likeness (QED) is 0.763. The number of carboxylic acids is 1. The van der Waals surface area contributed by atoms with Crippen LogP contribution in [-0.2, 0) is 18.3 Å². The topological polar surface area (TPSA) is 59.8 Å². The van der Waals surface area contributed by atoms with Crippen molar-refractivity contribution >= 4 is 5.97 Å². The second kappa shape index (κ2) is 7.91. The van der Waals surface area contributed by atoms with Gasteiger partial charge in [-0.2, -0.15) is 0 Å². The highest BCUT2D eigenvalue weighted by molar-refractivity contribution is 5.66. The Kier molecular flexibility index (Phi) is 7.25. The predicted molar refractivity (Wildman–Crippen MR) is 60.4 cm³/mol. The summed E-state index contributed by atoms with van der Waals surface area (Å²) < 4.78 is 2.13. The van der Waals surface area contributed by atoms with Crippen LogP contribution >= 0.6 is 0 Å². The van der Waals surface area contributed by atoms with Gasteiger partial charge in [-0.1, -0.05) is 27.2 Å². The van der Waals surface area contributed by atoms with E-state index in [1.165, 1.54) is 25.1 Å². The van der Waals surface area contributed by atoms with Gasteiger partial charge in [-0.15, -0.1) is 0 Å². The number of carboxylic acid groups (broad SMARTS) is 1. The molecule has 1 aromatic rings. The van der Waals surface area contributed by atoms with Crippen molar-refractivity contribution in [3.05, 3.63) is 18.2 Å². The van der Waals surface area contributed by atoms with Crippen molar-refractivity contribution in [1.29, 1.82) is 0 Å². The van der Waals surface area contributed by atoms with Gasteiger partial charge >= 0.3 is 0 Å². The number of carbonyl (C=O) groups is 1. The van der Waals surface area contributed by atoms with Crippen LogP contribution in [-0.4, -0.2) is 11.0 Å². The van der Waals surface area contributed by atoms with Crippen LogP contribution in [0.25, 0.3) is 0 Å². The molecule has 4 heteroatoms. The number of aliphatic carboxylic acids is 1. The largest absolute Gasteiger partial charge is 0.550 e. The fourth-order valence-electron chi connectivity index (χ4n) is 1.03. The molecule has 0 saturated heterocycles. The second-order valence-corrected chi connectivity index (χ2v) is 4.09. The van der Waals surface area contributed by atoms with Gasteiger partial charge in [-0.25, -0.2) is 9.55 Å². The van der Waals surface area contributed by atoms with Gasteiger partial charge in [0.05, 0.1) is 7.05 Å². The number of imidazole rings is 1. The molecule has 0 aromatic carbocycles. The summed E-state index contributed by atoms with van der Waals surface area (Å²) in [6.07, 6.45) is 7.73. The molecule has 0 amide bonds. The van der Waals surface area contributed by atoms with Gasteiger partial charge in [0.25, 0.3) is 5.82 Å². The fourth-order valence-corrected chi connectivity index (χ4v) is 1.03. The number of aromatic amines is 1. The Morgan fingerprint density at radius 2 is 2.12 bits per heavy atom. The van der Waals surface area contributed by atoms with Crippen LogP contribution in [0.15, 0.2) is 12.4 Å². The van der Waals surface area contributed by atoms with E-state index in [2.05, 4.69) is 23.5 Å². The highest BCUT2D eigenvalue weighted by Gasteiger charge is 2.03. The minimum Gasteiger partial charge on any atom is -0.550 e. The normalized spacial score (nSPS) is 9.81. The number of aromatic nitrogens is 2. The molecule has 1 rings (SSSR count). The maximum atomic E-state index is 9.59. The van der Waals surface area contributed by atoms with Gasteiger partial charge < -0.3 is 9.90 Å². The van der Waals surface area contributed by atoms with Crippen LogP contribution in [0, 0.1) is 5.92 Å². The third-order valence-corrected chi connectivity index (χ3v) is 2.21. The lowest BCUT2D eigenvalue weighted by Gasteiger charge is -2.01. The smallest absolute Gasteiger partial charge is 0.253 e. The number of hydrogen-bond donors (Lipinski definition) is 1. The summed E-state index contributed by atoms with van der Waals surface area (Å²) in [4.78, 5) is 12.8. The first-order chi connectivity index (χ1) is 7.49. The first-order valence-corrected chi connectivity index (χ1v) is 5.71. The summed E-state index contributed by atoms with van der Waals surface area (Å²) in [5, 5.41) is 9.59. The maximum Gasteiger partial charge on any atom is 0.253 e. The van der Waals surface area contributed by atoms with E-state index in [0.29, 0.717) is 0 Å². The van der Waals surface area contributed by atoms with Crippen molar-refractivity contribution in [2.24, 2.45) is 13.0 Å². The number of carbonyl (C=O) groups excluding carboxylic acids is 1. The number of H-pyrrole nitrogens is 1. The van der Waals surface area contributed by atoms with E-state index in [1.807, 2.05) is 12.4 Å². The first-order valence-electron chi connectivity index (χ1n) is 5.71. The van der Waals surface area contributed by atoms with E-state index in [1.54, 1.807) is 13.8 Å². The lowest BCUT2D eigenvalue weighted by molar-refractivity contribution is -0.677. The molecule has 4 nitrogen and oxygen atoms in total. The van der Waals surface area contributed by atoms with Crippen molar-refractivity contribution in [3.63, 3.8) is 0 Å². The molecule has 0 unspecified atom stereocenters. The SMILES string of the molecule is CC(C)C(=O)[O-].CCCCc1[nH]cc[n+]1C. The lowest BCUT2D eigenvalue weighted by Crippen LogP contribution is -2.30. The molecule has 1 N–H and O–H groups in total. The summed E-state index contributed by atoms with van der Waals surface area (Å²) in [5.74, 6) is -0.0122. The molecule has 0 atom stereocenters. The van der Waals surface area contributed by atoms with Gasteiger partial charge in [-0.05, 0) is 12.3 Å². The molecule has 0 fully saturated rings. The summed E-state index contributed by atoms with van der Waals surface area (Å²) >= 11 is 0. The molecule has 0 saturated carbocycles. The molecule has 0 aliphatic rings. The highest BCUT2D eigenvalue weighted by atomic mass is 16.4. The molecule has 0 bridgehead atoms. The van der Waals surface area contributed by atoms with Crippen LogP contribution in [0.4, 0.5) is 0 Å². The summed E-state index contributed by atoms with van der Waals surface area (Å²) in [6.45, 7) is 5.37. The van der Waals surface area contributed by atoms with Crippen molar-refractivity contribution in [1.82, 2.24) is 4.98 Å². The number of unbranched alkanes of at least 4 members (excludes halogenated alkanes) is 1. The second-order valence-electron chi connectivity index (χ2n) is 4.09. The molecule has 0 spiro atoms. The third kappa shape index (κ3) is 6.22. The Bertz CT molecular complexity index is 306. The Morgan fingerprint density at radius 3 is 2.44 bits per heavy atom. The fraction of sp³-hybridized carbons (Fsp3) is 0.667. The average Bonchev–Trinajstić information content (AvgIpc) is 2.62. The Labute approximate surface area is 97.3 Å². The van der Waals surface area contributed by atoms with Crippen LogP contribution in [0.3, 0.4) is 0 Å².